The number of hydrogen-bond donors (Lipinski definition) is 2. The van der Waals surface area contributed by atoms with Gasteiger partial charge in [-0.1, -0.05) is 25.2 Å². The third-order valence-electron chi connectivity index (χ3n) is 3.64. The quantitative estimate of drug-likeness (QED) is 0.796. The highest BCUT2D eigenvalue weighted by Gasteiger charge is 2.24. The predicted molar refractivity (Wildman–Crippen MR) is 74.7 cm³/mol. The molecule has 100 valence electrons. The topological polar surface area (TPSA) is 49.3 Å². The summed E-state index contributed by atoms with van der Waals surface area (Å²) in [5.74, 6) is 5.95. The fourth-order valence-electron chi connectivity index (χ4n) is 2.46. The first-order valence-electron chi connectivity index (χ1n) is 6.71. The summed E-state index contributed by atoms with van der Waals surface area (Å²) < 4.78 is 0. The lowest BCUT2D eigenvalue weighted by atomic mass is 10.1. The average molecular weight is 257 g/mol. The van der Waals surface area contributed by atoms with Crippen molar-refractivity contribution in [2.24, 2.45) is 5.92 Å². The molecule has 0 aromatic heterocycles. The Kier molecular flexibility index (Phi) is 4.59. The Bertz CT molecular complexity index is 496. The minimum atomic E-state index is -0.151. The summed E-state index contributed by atoms with van der Waals surface area (Å²) in [6.45, 7) is 2.04. The third kappa shape index (κ3) is 3.59. The molecular weight excluding hydrogens is 238 g/mol. The van der Waals surface area contributed by atoms with E-state index in [4.69, 9.17) is 5.11 Å². The van der Waals surface area contributed by atoms with Crippen molar-refractivity contribution in [3.63, 3.8) is 0 Å². The molecule has 1 saturated carbocycles. The number of rotatable bonds is 2. The van der Waals surface area contributed by atoms with Crippen molar-refractivity contribution in [2.75, 3.05) is 6.61 Å². The molecule has 3 heteroatoms. The second-order valence-corrected chi connectivity index (χ2v) is 5.03. The van der Waals surface area contributed by atoms with Crippen LogP contribution in [0.4, 0.5) is 0 Å². The summed E-state index contributed by atoms with van der Waals surface area (Å²) in [6.07, 6.45) is 3.47. The Balaban J connectivity index is 1.99. The van der Waals surface area contributed by atoms with Gasteiger partial charge in [-0.25, -0.2) is 0 Å². The van der Waals surface area contributed by atoms with Gasteiger partial charge < -0.3 is 10.4 Å². The largest absolute Gasteiger partial charge is 0.384 e. The second-order valence-electron chi connectivity index (χ2n) is 5.03. The molecule has 0 heterocycles. The normalized spacial score (nSPS) is 21.6. The monoisotopic (exact) mass is 257 g/mol. The molecule has 1 aliphatic rings. The molecule has 2 N–H and O–H groups in total. The highest BCUT2D eigenvalue weighted by Crippen LogP contribution is 2.25. The fraction of sp³-hybridized carbons (Fsp3) is 0.438. The molecule has 2 atom stereocenters. The molecule has 0 radical (unpaired) electrons. The van der Waals surface area contributed by atoms with E-state index in [-0.39, 0.29) is 12.5 Å². The Morgan fingerprint density at radius 3 is 2.68 bits per heavy atom. The molecule has 1 amide bonds. The molecular formula is C16H19NO2. The van der Waals surface area contributed by atoms with Crippen molar-refractivity contribution in [3.8, 4) is 11.8 Å². The Hall–Kier alpha value is -1.79. The van der Waals surface area contributed by atoms with Crippen molar-refractivity contribution in [1.29, 1.82) is 0 Å². The smallest absolute Gasteiger partial charge is 0.251 e. The minimum absolute atomic E-state index is 0.0135. The zero-order valence-corrected chi connectivity index (χ0v) is 11.1. The molecule has 1 aliphatic carbocycles. The number of nitrogens with one attached hydrogen (secondary N) is 1. The van der Waals surface area contributed by atoms with Crippen molar-refractivity contribution in [2.45, 2.75) is 32.2 Å². The van der Waals surface area contributed by atoms with Crippen LogP contribution in [0.1, 0.15) is 42.1 Å². The lowest BCUT2D eigenvalue weighted by molar-refractivity contribution is 0.0929. The van der Waals surface area contributed by atoms with Crippen LogP contribution in [0.5, 0.6) is 0 Å². The summed E-state index contributed by atoms with van der Waals surface area (Å²) in [5.41, 5.74) is 1.47. The van der Waals surface area contributed by atoms with Crippen molar-refractivity contribution < 1.29 is 9.90 Å². The number of carbonyl (C=O) groups is 1. The number of carbonyl (C=O) groups excluding carboxylic acids is 1. The van der Waals surface area contributed by atoms with Crippen LogP contribution in [-0.2, 0) is 0 Å². The summed E-state index contributed by atoms with van der Waals surface area (Å²) in [7, 11) is 0. The SMILES string of the molecule is CC1CCCC1NC(=O)c1ccc(C#CCO)cc1. The van der Waals surface area contributed by atoms with Gasteiger partial charge in [0.1, 0.15) is 6.61 Å². The number of amides is 1. The van der Waals surface area contributed by atoms with Crippen LogP contribution in [0.3, 0.4) is 0 Å². The summed E-state index contributed by atoms with van der Waals surface area (Å²) >= 11 is 0. The van der Waals surface area contributed by atoms with Gasteiger partial charge in [0.15, 0.2) is 0 Å². The van der Waals surface area contributed by atoms with Gasteiger partial charge in [-0.15, -0.1) is 0 Å². The fourth-order valence-corrected chi connectivity index (χ4v) is 2.46. The van der Waals surface area contributed by atoms with E-state index in [1.807, 2.05) is 0 Å². The summed E-state index contributed by atoms with van der Waals surface area (Å²) in [6, 6.07) is 7.46. The molecule has 1 aromatic rings. The zero-order valence-electron chi connectivity index (χ0n) is 11.1. The van der Waals surface area contributed by atoms with Gasteiger partial charge in [-0.2, -0.15) is 0 Å². The van der Waals surface area contributed by atoms with E-state index in [9.17, 15) is 4.79 Å². The van der Waals surface area contributed by atoms with E-state index in [1.54, 1.807) is 24.3 Å². The standard InChI is InChI=1S/C16H19NO2/c1-12-4-2-6-15(12)17-16(19)14-9-7-13(8-10-14)5-3-11-18/h7-10,12,15,18H,2,4,6,11H2,1H3,(H,17,19). The number of aliphatic hydroxyl groups excluding tert-OH is 1. The van der Waals surface area contributed by atoms with E-state index >= 15 is 0 Å². The van der Waals surface area contributed by atoms with E-state index in [1.165, 1.54) is 12.8 Å². The lowest BCUT2D eigenvalue weighted by Crippen LogP contribution is -2.36. The van der Waals surface area contributed by atoms with Gasteiger partial charge in [0.2, 0.25) is 0 Å². The zero-order chi connectivity index (χ0) is 13.7. The van der Waals surface area contributed by atoms with Crippen LogP contribution < -0.4 is 5.32 Å². The molecule has 1 aromatic carbocycles. The molecule has 0 saturated heterocycles. The first-order valence-corrected chi connectivity index (χ1v) is 6.71. The Labute approximate surface area is 114 Å². The Morgan fingerprint density at radius 1 is 1.37 bits per heavy atom. The maximum absolute atomic E-state index is 12.1. The molecule has 0 aliphatic heterocycles. The first-order chi connectivity index (χ1) is 9.20. The van der Waals surface area contributed by atoms with Crippen molar-refractivity contribution >= 4 is 5.91 Å². The summed E-state index contributed by atoms with van der Waals surface area (Å²) in [4.78, 5) is 12.1. The molecule has 19 heavy (non-hydrogen) atoms. The number of hydrogen-bond acceptors (Lipinski definition) is 2. The molecule has 0 bridgehead atoms. The molecule has 3 nitrogen and oxygen atoms in total. The number of benzene rings is 1. The van der Waals surface area contributed by atoms with E-state index in [0.29, 0.717) is 17.5 Å². The van der Waals surface area contributed by atoms with Crippen LogP contribution in [0.15, 0.2) is 24.3 Å². The molecule has 1 fully saturated rings. The minimum Gasteiger partial charge on any atom is -0.384 e. The lowest BCUT2D eigenvalue weighted by Gasteiger charge is -2.17. The highest BCUT2D eigenvalue weighted by molar-refractivity contribution is 5.94. The average Bonchev–Trinajstić information content (AvgIpc) is 2.82. The van der Waals surface area contributed by atoms with Gasteiger partial charge >= 0.3 is 0 Å². The van der Waals surface area contributed by atoms with Gasteiger partial charge in [-0.3, -0.25) is 4.79 Å². The van der Waals surface area contributed by atoms with E-state index in [2.05, 4.69) is 24.1 Å². The van der Waals surface area contributed by atoms with E-state index in [0.717, 1.165) is 12.0 Å². The maximum Gasteiger partial charge on any atom is 0.251 e. The van der Waals surface area contributed by atoms with Crippen LogP contribution in [0, 0.1) is 17.8 Å². The summed E-state index contributed by atoms with van der Waals surface area (Å²) in [5, 5.41) is 11.7. The highest BCUT2D eigenvalue weighted by atomic mass is 16.2. The van der Waals surface area contributed by atoms with Gasteiger partial charge in [0.25, 0.3) is 5.91 Å². The predicted octanol–water partition coefficient (Wildman–Crippen LogP) is 1.95. The van der Waals surface area contributed by atoms with Crippen molar-refractivity contribution in [3.05, 3.63) is 35.4 Å². The number of aliphatic hydroxyl groups is 1. The van der Waals surface area contributed by atoms with Crippen LogP contribution >= 0.6 is 0 Å². The third-order valence-corrected chi connectivity index (χ3v) is 3.64. The molecule has 0 spiro atoms. The van der Waals surface area contributed by atoms with Crippen molar-refractivity contribution in [1.82, 2.24) is 5.32 Å². The molecule has 2 rings (SSSR count). The van der Waals surface area contributed by atoms with E-state index < -0.39 is 0 Å². The first kappa shape index (κ1) is 13.6. The van der Waals surface area contributed by atoms with Gasteiger partial charge in [0.05, 0.1) is 0 Å². The van der Waals surface area contributed by atoms with Crippen LogP contribution in [0.2, 0.25) is 0 Å². The Morgan fingerprint density at radius 2 is 2.11 bits per heavy atom. The molecule has 2 unspecified atom stereocenters. The van der Waals surface area contributed by atoms with Crippen LogP contribution in [-0.4, -0.2) is 23.7 Å². The maximum atomic E-state index is 12.1. The second kappa shape index (κ2) is 6.40. The van der Waals surface area contributed by atoms with Gasteiger partial charge in [-0.05, 0) is 43.0 Å². The van der Waals surface area contributed by atoms with Gasteiger partial charge in [0, 0.05) is 17.2 Å². The van der Waals surface area contributed by atoms with Crippen LogP contribution in [0.25, 0.3) is 0 Å².